The van der Waals surface area contributed by atoms with Crippen LogP contribution in [-0.2, 0) is 16.1 Å². The summed E-state index contributed by atoms with van der Waals surface area (Å²) < 4.78 is 47.1. The van der Waals surface area contributed by atoms with Crippen molar-refractivity contribution in [3.8, 4) is 0 Å². The van der Waals surface area contributed by atoms with Gasteiger partial charge in [-0.25, -0.2) is 9.37 Å². The molecule has 30 heavy (non-hydrogen) atoms. The summed E-state index contributed by atoms with van der Waals surface area (Å²) in [6.45, 7) is 2.05. The van der Waals surface area contributed by atoms with E-state index in [-0.39, 0.29) is 23.5 Å². The molecule has 1 N–H and O–H groups in total. The number of fused-ring (bicyclic) bond motifs is 1. The van der Waals surface area contributed by atoms with E-state index in [0.717, 1.165) is 0 Å². The fourth-order valence-electron chi connectivity index (χ4n) is 3.37. The van der Waals surface area contributed by atoms with E-state index >= 15 is 0 Å². The van der Waals surface area contributed by atoms with Gasteiger partial charge in [0.1, 0.15) is 12.4 Å². The van der Waals surface area contributed by atoms with Crippen LogP contribution in [0, 0.1) is 5.82 Å². The minimum atomic E-state index is -2.66. The highest BCUT2D eigenvalue weighted by molar-refractivity contribution is 7.99. The fourth-order valence-corrected chi connectivity index (χ4v) is 3.97. The van der Waals surface area contributed by atoms with Gasteiger partial charge >= 0.3 is 0 Å². The smallest absolute Gasteiger partial charge is 0.291 e. The second-order valence-electron chi connectivity index (χ2n) is 6.66. The summed E-state index contributed by atoms with van der Waals surface area (Å²) in [5.74, 6) is -3.57. The number of imidazole rings is 1. The van der Waals surface area contributed by atoms with Crippen molar-refractivity contribution >= 4 is 40.1 Å². The summed E-state index contributed by atoms with van der Waals surface area (Å²) in [4.78, 5) is 18.6. The zero-order valence-corrected chi connectivity index (χ0v) is 16.7. The molecule has 4 rings (SSSR count). The van der Waals surface area contributed by atoms with Crippen LogP contribution in [-0.4, -0.2) is 47.5 Å². The maximum Gasteiger partial charge on any atom is 0.291 e. The van der Waals surface area contributed by atoms with Gasteiger partial charge < -0.3 is 19.5 Å². The number of para-hydroxylation sites is 2. The number of anilines is 2. The van der Waals surface area contributed by atoms with Crippen LogP contribution in [0.4, 0.5) is 24.5 Å². The molecule has 0 atom stereocenters. The molecule has 2 heterocycles. The highest BCUT2D eigenvalue weighted by Gasteiger charge is 2.19. The van der Waals surface area contributed by atoms with Gasteiger partial charge in [0.05, 0.1) is 29.9 Å². The van der Waals surface area contributed by atoms with E-state index in [9.17, 15) is 18.0 Å². The highest BCUT2D eigenvalue weighted by Crippen LogP contribution is 2.29. The molecule has 1 aliphatic rings. The molecule has 0 bridgehead atoms. The van der Waals surface area contributed by atoms with Gasteiger partial charge in [0.25, 0.3) is 5.76 Å². The lowest BCUT2D eigenvalue weighted by Crippen LogP contribution is -2.36. The summed E-state index contributed by atoms with van der Waals surface area (Å²) in [5.41, 5.74) is 1.84. The largest absolute Gasteiger partial charge is 0.378 e. The van der Waals surface area contributed by atoms with Crippen molar-refractivity contribution in [1.29, 1.82) is 0 Å². The Morgan fingerprint density at radius 2 is 1.97 bits per heavy atom. The van der Waals surface area contributed by atoms with Crippen molar-refractivity contribution in [2.24, 2.45) is 0 Å². The SMILES string of the molecule is O=C(Cn1c(SC(F)F)nc2ccccc21)Nc1ccc(N2CCOCC2)c(F)c1. The summed E-state index contributed by atoms with van der Waals surface area (Å²) in [6, 6.07) is 11.4. The van der Waals surface area contributed by atoms with E-state index in [1.165, 1.54) is 10.6 Å². The third-order valence-electron chi connectivity index (χ3n) is 4.70. The number of hydrogen-bond donors (Lipinski definition) is 1. The van der Waals surface area contributed by atoms with E-state index in [1.807, 2.05) is 4.90 Å². The molecule has 6 nitrogen and oxygen atoms in total. The number of nitrogens with zero attached hydrogens (tertiary/aromatic N) is 3. The van der Waals surface area contributed by atoms with Crippen LogP contribution in [0.2, 0.25) is 0 Å². The number of alkyl halides is 2. The number of halogens is 3. The van der Waals surface area contributed by atoms with Gasteiger partial charge in [0.2, 0.25) is 5.91 Å². The first-order chi connectivity index (χ1) is 14.5. The maximum absolute atomic E-state index is 14.5. The number of nitrogens with one attached hydrogen (secondary N) is 1. The molecule has 1 saturated heterocycles. The van der Waals surface area contributed by atoms with Crippen LogP contribution in [0.15, 0.2) is 47.6 Å². The zero-order valence-electron chi connectivity index (χ0n) is 15.9. The number of thioether (sulfide) groups is 1. The van der Waals surface area contributed by atoms with E-state index in [4.69, 9.17) is 4.74 Å². The number of carbonyl (C=O) groups is 1. The minimum Gasteiger partial charge on any atom is -0.378 e. The third kappa shape index (κ3) is 4.54. The Bertz CT molecular complexity index is 1050. The Kier molecular flexibility index (Phi) is 6.14. The molecular formula is C20H19F3N4O2S. The predicted octanol–water partition coefficient (Wildman–Crippen LogP) is 3.97. The third-order valence-corrected chi connectivity index (χ3v) is 5.40. The first-order valence-corrected chi connectivity index (χ1v) is 10.2. The molecule has 0 saturated carbocycles. The predicted molar refractivity (Wildman–Crippen MR) is 110 cm³/mol. The molecule has 2 aromatic carbocycles. The van der Waals surface area contributed by atoms with Crippen molar-refractivity contribution in [2.45, 2.75) is 17.5 Å². The van der Waals surface area contributed by atoms with Crippen molar-refractivity contribution in [1.82, 2.24) is 9.55 Å². The van der Waals surface area contributed by atoms with E-state index in [0.29, 0.717) is 48.7 Å². The van der Waals surface area contributed by atoms with Crippen LogP contribution < -0.4 is 10.2 Å². The van der Waals surface area contributed by atoms with E-state index < -0.39 is 17.5 Å². The zero-order chi connectivity index (χ0) is 21.1. The number of benzene rings is 2. The average Bonchev–Trinajstić information content (AvgIpc) is 3.05. The summed E-state index contributed by atoms with van der Waals surface area (Å²) in [5, 5.41) is 2.68. The quantitative estimate of drug-likeness (QED) is 0.593. The van der Waals surface area contributed by atoms with Crippen LogP contribution in [0.1, 0.15) is 0 Å². The van der Waals surface area contributed by atoms with Gasteiger partial charge in [-0.3, -0.25) is 4.79 Å². The Balaban J connectivity index is 1.50. The number of amides is 1. The Hall–Kier alpha value is -2.72. The number of carbonyl (C=O) groups excluding carboxylic acids is 1. The number of aromatic nitrogens is 2. The summed E-state index contributed by atoms with van der Waals surface area (Å²) in [6.07, 6.45) is 0. The lowest BCUT2D eigenvalue weighted by molar-refractivity contribution is -0.116. The Labute approximate surface area is 175 Å². The monoisotopic (exact) mass is 436 g/mol. The molecule has 0 spiro atoms. The minimum absolute atomic E-state index is 0.0511. The van der Waals surface area contributed by atoms with Crippen LogP contribution in [0.3, 0.4) is 0 Å². The van der Waals surface area contributed by atoms with Crippen molar-refractivity contribution in [3.63, 3.8) is 0 Å². The summed E-state index contributed by atoms with van der Waals surface area (Å²) >= 11 is 0.282. The Morgan fingerprint density at radius 1 is 1.20 bits per heavy atom. The molecule has 1 aliphatic heterocycles. The Morgan fingerprint density at radius 3 is 2.70 bits per heavy atom. The van der Waals surface area contributed by atoms with Gasteiger partial charge in [-0.15, -0.1) is 0 Å². The number of rotatable bonds is 6. The van der Waals surface area contributed by atoms with Crippen molar-refractivity contribution in [2.75, 3.05) is 36.5 Å². The van der Waals surface area contributed by atoms with Crippen molar-refractivity contribution < 1.29 is 22.7 Å². The van der Waals surface area contributed by atoms with Gasteiger partial charge in [-0.1, -0.05) is 12.1 Å². The van der Waals surface area contributed by atoms with Gasteiger partial charge in [0, 0.05) is 18.8 Å². The number of hydrogen-bond acceptors (Lipinski definition) is 5. The molecule has 1 fully saturated rings. The number of ether oxygens (including phenoxy) is 1. The second-order valence-corrected chi connectivity index (χ2v) is 7.62. The van der Waals surface area contributed by atoms with Gasteiger partial charge in [0.15, 0.2) is 5.16 Å². The lowest BCUT2D eigenvalue weighted by Gasteiger charge is -2.29. The molecule has 0 aliphatic carbocycles. The van der Waals surface area contributed by atoms with Crippen molar-refractivity contribution in [3.05, 3.63) is 48.3 Å². The highest BCUT2D eigenvalue weighted by atomic mass is 32.2. The molecule has 1 amide bonds. The fraction of sp³-hybridized carbons (Fsp3) is 0.300. The van der Waals surface area contributed by atoms with Crippen LogP contribution >= 0.6 is 11.8 Å². The van der Waals surface area contributed by atoms with E-state index in [2.05, 4.69) is 10.3 Å². The molecule has 0 radical (unpaired) electrons. The molecule has 10 heteroatoms. The maximum atomic E-state index is 14.5. The molecule has 158 valence electrons. The standard InChI is InChI=1S/C20H19F3N4O2S/c21-14-11-13(5-6-16(14)26-7-9-29-10-8-26)24-18(28)12-27-17-4-2-1-3-15(17)25-20(27)30-19(22)23/h1-6,11,19H,7-10,12H2,(H,24,28). The lowest BCUT2D eigenvalue weighted by atomic mass is 10.2. The van der Waals surface area contributed by atoms with Crippen LogP contribution in [0.5, 0.6) is 0 Å². The number of morpholine rings is 1. The second kappa shape index (κ2) is 8.97. The van der Waals surface area contributed by atoms with Gasteiger partial charge in [-0.05, 0) is 42.1 Å². The molecule has 0 unspecified atom stereocenters. The molecule has 1 aromatic heterocycles. The molecular weight excluding hydrogens is 417 g/mol. The molecule has 3 aromatic rings. The van der Waals surface area contributed by atoms with Crippen LogP contribution in [0.25, 0.3) is 11.0 Å². The average molecular weight is 436 g/mol. The normalized spacial score (nSPS) is 14.5. The first-order valence-electron chi connectivity index (χ1n) is 9.33. The topological polar surface area (TPSA) is 59.4 Å². The van der Waals surface area contributed by atoms with Gasteiger partial charge in [-0.2, -0.15) is 8.78 Å². The first kappa shape index (κ1) is 20.5. The summed E-state index contributed by atoms with van der Waals surface area (Å²) in [7, 11) is 0. The van der Waals surface area contributed by atoms with E-state index in [1.54, 1.807) is 36.4 Å².